The molecule has 0 saturated heterocycles. The first kappa shape index (κ1) is 9.36. The average Bonchev–Trinajstić information content (AvgIpc) is 1.89. The summed E-state index contributed by atoms with van der Waals surface area (Å²) in [6.07, 6.45) is 3.00. The highest BCUT2D eigenvalue weighted by atomic mass is 16.7. The molecule has 2 aliphatic carbocycles. The van der Waals surface area contributed by atoms with Crippen LogP contribution in [0.2, 0.25) is 0 Å². The van der Waals surface area contributed by atoms with E-state index in [1.54, 1.807) is 0 Å². The number of rotatable bonds is 3. The van der Waals surface area contributed by atoms with E-state index in [1.807, 2.05) is 0 Å². The molecule has 0 heterocycles. The highest BCUT2D eigenvalue weighted by Crippen LogP contribution is 2.54. The predicted molar refractivity (Wildman–Crippen MR) is 47.2 cm³/mol. The first-order valence-electron chi connectivity index (χ1n) is 4.84. The van der Waals surface area contributed by atoms with Crippen LogP contribution in [0.15, 0.2) is 0 Å². The number of hydrogen-bond acceptors (Lipinski definition) is 4. The van der Waals surface area contributed by atoms with Gasteiger partial charge in [0.05, 0.1) is 0 Å². The van der Waals surface area contributed by atoms with Gasteiger partial charge in [0.25, 0.3) is 11.1 Å². The summed E-state index contributed by atoms with van der Waals surface area (Å²) in [6.45, 7) is 0. The number of hydrogen-bond donors (Lipinski definition) is 0. The van der Waals surface area contributed by atoms with Gasteiger partial charge in [-0.2, -0.15) is 0 Å². The number of nitro groups is 2. The predicted octanol–water partition coefficient (Wildman–Crippen LogP) is 1.39. The van der Waals surface area contributed by atoms with Crippen molar-refractivity contribution in [3.05, 3.63) is 20.2 Å². The van der Waals surface area contributed by atoms with E-state index in [2.05, 4.69) is 0 Å². The summed E-state index contributed by atoms with van der Waals surface area (Å²) >= 11 is 0. The molecule has 0 aromatic carbocycles. The summed E-state index contributed by atoms with van der Waals surface area (Å²) in [6, 6.07) is 0. The van der Waals surface area contributed by atoms with E-state index in [9.17, 15) is 20.2 Å². The molecule has 0 atom stereocenters. The van der Waals surface area contributed by atoms with Crippen molar-refractivity contribution in [3.8, 4) is 0 Å². The average molecular weight is 200 g/mol. The molecule has 0 spiro atoms. The van der Waals surface area contributed by atoms with Gasteiger partial charge in [0.15, 0.2) is 0 Å². The maximum Gasteiger partial charge on any atom is 0.290 e. The van der Waals surface area contributed by atoms with Gasteiger partial charge in [0.2, 0.25) is 0 Å². The molecule has 6 nitrogen and oxygen atoms in total. The van der Waals surface area contributed by atoms with Crippen LogP contribution in [-0.2, 0) is 0 Å². The van der Waals surface area contributed by atoms with Crippen LogP contribution in [-0.4, -0.2) is 20.9 Å². The van der Waals surface area contributed by atoms with Crippen molar-refractivity contribution in [2.45, 2.75) is 49.6 Å². The van der Waals surface area contributed by atoms with E-state index < -0.39 is 20.9 Å². The second-order valence-electron chi connectivity index (χ2n) is 4.28. The molecule has 0 bridgehead atoms. The Labute approximate surface area is 80.6 Å². The lowest BCUT2D eigenvalue weighted by Crippen LogP contribution is -2.69. The molecule has 0 aliphatic heterocycles. The van der Waals surface area contributed by atoms with E-state index in [-0.39, 0.29) is 0 Å². The molecule has 2 rings (SSSR count). The van der Waals surface area contributed by atoms with E-state index in [0.717, 1.165) is 12.8 Å². The van der Waals surface area contributed by atoms with Crippen LogP contribution < -0.4 is 0 Å². The molecule has 2 fully saturated rings. The molecule has 0 N–H and O–H groups in total. The third-order valence-corrected chi connectivity index (χ3v) is 3.93. The second kappa shape index (κ2) is 2.65. The Morgan fingerprint density at radius 2 is 1.07 bits per heavy atom. The Hall–Kier alpha value is -1.20. The highest BCUT2D eigenvalue weighted by molar-refractivity contribution is 5.09. The van der Waals surface area contributed by atoms with Crippen LogP contribution in [0, 0.1) is 20.2 Å². The fourth-order valence-electron chi connectivity index (χ4n) is 2.66. The van der Waals surface area contributed by atoms with Gasteiger partial charge in [0, 0.05) is 35.5 Å². The minimum atomic E-state index is -1.24. The Kier molecular flexibility index (Phi) is 1.77. The van der Waals surface area contributed by atoms with E-state index >= 15 is 0 Å². The third kappa shape index (κ3) is 0.809. The summed E-state index contributed by atoms with van der Waals surface area (Å²) in [7, 11) is 0. The van der Waals surface area contributed by atoms with Crippen LogP contribution >= 0.6 is 0 Å². The van der Waals surface area contributed by atoms with Crippen molar-refractivity contribution in [1.82, 2.24) is 0 Å². The minimum Gasteiger partial charge on any atom is -0.264 e. The molecule has 0 radical (unpaired) electrons. The van der Waals surface area contributed by atoms with Crippen molar-refractivity contribution in [3.63, 3.8) is 0 Å². The molecule has 2 aliphatic rings. The van der Waals surface area contributed by atoms with Gasteiger partial charge in [-0.3, -0.25) is 20.2 Å². The minimum absolute atomic E-state index is 0.376. The molecular formula is C8H12N2O4. The lowest BCUT2D eigenvalue weighted by molar-refractivity contribution is -0.707. The number of nitrogens with zero attached hydrogens (tertiary/aromatic N) is 2. The van der Waals surface area contributed by atoms with Crippen LogP contribution in [0.4, 0.5) is 0 Å². The SMILES string of the molecule is O=[N+]([O-])C1(C2([N+](=O)[O-])CCC2)CCC1. The van der Waals surface area contributed by atoms with Crippen molar-refractivity contribution in [2.24, 2.45) is 0 Å². The second-order valence-corrected chi connectivity index (χ2v) is 4.28. The zero-order valence-electron chi connectivity index (χ0n) is 7.77. The molecule has 78 valence electrons. The van der Waals surface area contributed by atoms with Gasteiger partial charge < -0.3 is 0 Å². The molecule has 0 amide bonds. The van der Waals surface area contributed by atoms with Gasteiger partial charge in [-0.15, -0.1) is 0 Å². The lowest BCUT2D eigenvalue weighted by Gasteiger charge is -2.46. The van der Waals surface area contributed by atoms with Crippen LogP contribution in [0.3, 0.4) is 0 Å². The van der Waals surface area contributed by atoms with Crippen LogP contribution in [0.5, 0.6) is 0 Å². The molecule has 0 unspecified atom stereocenters. The molecule has 14 heavy (non-hydrogen) atoms. The van der Waals surface area contributed by atoms with Crippen LogP contribution in [0.1, 0.15) is 38.5 Å². The zero-order chi connectivity index (χ0) is 10.4. The fourth-order valence-corrected chi connectivity index (χ4v) is 2.66. The molecule has 0 aromatic rings. The molecule has 2 saturated carbocycles. The topological polar surface area (TPSA) is 86.3 Å². The van der Waals surface area contributed by atoms with E-state index in [4.69, 9.17) is 0 Å². The summed E-state index contributed by atoms with van der Waals surface area (Å²) in [5, 5.41) is 21.9. The first-order chi connectivity index (χ1) is 6.55. The van der Waals surface area contributed by atoms with Crippen LogP contribution in [0.25, 0.3) is 0 Å². The van der Waals surface area contributed by atoms with Gasteiger partial charge in [-0.05, 0) is 12.8 Å². The van der Waals surface area contributed by atoms with Gasteiger partial charge in [-0.1, -0.05) is 0 Å². The Morgan fingerprint density at radius 3 is 1.14 bits per heavy atom. The van der Waals surface area contributed by atoms with Gasteiger partial charge >= 0.3 is 0 Å². The van der Waals surface area contributed by atoms with E-state index in [0.29, 0.717) is 25.7 Å². The lowest BCUT2D eigenvalue weighted by atomic mass is 9.56. The van der Waals surface area contributed by atoms with E-state index in [1.165, 1.54) is 0 Å². The maximum absolute atomic E-state index is 10.9. The largest absolute Gasteiger partial charge is 0.290 e. The first-order valence-corrected chi connectivity index (χ1v) is 4.84. The summed E-state index contributed by atoms with van der Waals surface area (Å²) in [5.41, 5.74) is -2.48. The summed E-state index contributed by atoms with van der Waals surface area (Å²) < 4.78 is 0. The fraction of sp³-hybridized carbons (Fsp3) is 1.00. The van der Waals surface area contributed by atoms with Crippen molar-refractivity contribution in [2.75, 3.05) is 0 Å². The zero-order valence-corrected chi connectivity index (χ0v) is 7.77. The summed E-state index contributed by atoms with van der Waals surface area (Å²) in [5.74, 6) is 0. The maximum atomic E-state index is 10.9. The quantitative estimate of drug-likeness (QED) is 0.508. The molecular weight excluding hydrogens is 188 g/mol. The van der Waals surface area contributed by atoms with Gasteiger partial charge in [0.1, 0.15) is 0 Å². The van der Waals surface area contributed by atoms with Crippen molar-refractivity contribution >= 4 is 0 Å². The third-order valence-electron chi connectivity index (χ3n) is 3.93. The highest BCUT2D eigenvalue weighted by Gasteiger charge is 2.75. The molecule has 6 heteroatoms. The standard InChI is InChI=1S/C8H12N2O4/c11-9(12)7(3-1-4-7)8(10(13)14)5-2-6-8/h1-6H2. The Morgan fingerprint density at radius 1 is 0.786 bits per heavy atom. The monoisotopic (exact) mass is 200 g/mol. The Balaban J connectivity index is 2.34. The van der Waals surface area contributed by atoms with Crippen molar-refractivity contribution in [1.29, 1.82) is 0 Å². The normalized spacial score (nSPS) is 27.1. The summed E-state index contributed by atoms with van der Waals surface area (Å²) in [4.78, 5) is 21.1. The van der Waals surface area contributed by atoms with Crippen molar-refractivity contribution < 1.29 is 9.85 Å². The van der Waals surface area contributed by atoms with Gasteiger partial charge in [-0.25, -0.2) is 0 Å². The molecule has 0 aromatic heterocycles. The Bertz CT molecular complexity index is 264. The smallest absolute Gasteiger partial charge is 0.264 e.